The Labute approximate surface area is 180 Å². The summed E-state index contributed by atoms with van der Waals surface area (Å²) in [6.45, 7) is 0. The minimum Gasteiger partial charge on any atom is -0.547 e. The zero-order chi connectivity index (χ0) is 16.6. The summed E-state index contributed by atoms with van der Waals surface area (Å²) in [6, 6.07) is 0. The Bertz CT molecular complexity index is 321. The third kappa shape index (κ3) is 15.1. The average Bonchev–Trinajstić information content (AvgIpc) is 2.35. The van der Waals surface area contributed by atoms with E-state index in [2.05, 4.69) is 0 Å². The van der Waals surface area contributed by atoms with Crippen molar-refractivity contribution in [2.24, 2.45) is 0 Å². The molecule has 0 aliphatic heterocycles. The monoisotopic (exact) mass is 411 g/mol. The van der Waals surface area contributed by atoms with Crippen molar-refractivity contribution in [3.63, 3.8) is 0 Å². The summed E-state index contributed by atoms with van der Waals surface area (Å²) in [7, 11) is 0. The number of aliphatic carboxylic acids is 4. The molecule has 0 aromatic carbocycles. The first kappa shape index (κ1) is 34.2. The van der Waals surface area contributed by atoms with Gasteiger partial charge in [-0.2, -0.15) is 0 Å². The first-order chi connectivity index (χ1) is 8.93. The molecular weight excluding hydrogens is 400 g/mol. The third-order valence-electron chi connectivity index (χ3n) is 1.56. The average molecular weight is 412 g/mol. The number of carboxylic acids is 4. The van der Waals surface area contributed by atoms with Gasteiger partial charge in [0.2, 0.25) is 0 Å². The van der Waals surface area contributed by atoms with Gasteiger partial charge in [-0.25, -0.2) is 0 Å². The standard InChI is InChI=1S/2C4H6O6.K.H3N.Ni/c2*5-1(3(7)8)2(6)4(9)10;;;/h2*1-2,5-6H,(H,7,8)(H,9,10);;1H3;/q;;+1;;+2/p-3. The Balaban J connectivity index is -0.0000000831. The number of carbonyl (C=O) groups is 4. The van der Waals surface area contributed by atoms with Crippen LogP contribution in [0, 0.1) is 0 Å². The van der Waals surface area contributed by atoms with Gasteiger partial charge in [0.05, 0.1) is 23.9 Å². The fraction of sp³-hybridized carbons (Fsp3) is 0.500. The molecule has 0 radical (unpaired) electrons. The molecule has 0 rings (SSSR count). The second kappa shape index (κ2) is 16.7. The maximum atomic E-state index is 9.63. The maximum Gasteiger partial charge on any atom is 2.00 e. The van der Waals surface area contributed by atoms with Crippen LogP contribution in [0.2, 0.25) is 0 Å². The Morgan fingerprint density at radius 3 is 0.696 bits per heavy atom. The predicted molar refractivity (Wildman–Crippen MR) is 50.0 cm³/mol. The van der Waals surface area contributed by atoms with Crippen LogP contribution in [0.3, 0.4) is 0 Å². The molecule has 0 aliphatic rings. The first-order valence-electron chi connectivity index (χ1n) is 4.49. The Morgan fingerprint density at radius 2 is 0.652 bits per heavy atom. The van der Waals surface area contributed by atoms with Gasteiger partial charge in [0, 0.05) is 0 Å². The van der Waals surface area contributed by atoms with Crippen molar-refractivity contribution in [1.29, 1.82) is 0 Å². The van der Waals surface area contributed by atoms with Crippen molar-refractivity contribution in [2.75, 3.05) is 0 Å². The Hall–Kier alpha value is -0.190. The van der Waals surface area contributed by atoms with E-state index in [4.69, 9.17) is 20.4 Å². The van der Waals surface area contributed by atoms with E-state index >= 15 is 0 Å². The van der Waals surface area contributed by atoms with Crippen LogP contribution >= 0.6 is 0 Å². The van der Waals surface area contributed by atoms with Crippen molar-refractivity contribution in [2.45, 2.75) is 24.4 Å². The topological polar surface area (TPSA) is 278 Å². The van der Waals surface area contributed by atoms with Gasteiger partial charge in [0.15, 0.2) is 0 Å². The van der Waals surface area contributed by atoms with Gasteiger partial charge in [-0.1, -0.05) is 0 Å². The first-order valence-corrected chi connectivity index (χ1v) is 4.49. The number of hydrogen-bond donors (Lipinski definition) is 5. The minimum absolute atomic E-state index is 0. The second-order valence-electron chi connectivity index (χ2n) is 3.06. The number of aliphatic hydroxyl groups is 4. The largest absolute Gasteiger partial charge is 2.00 e. The van der Waals surface area contributed by atoms with Gasteiger partial charge in [0.25, 0.3) is 0 Å². The summed E-state index contributed by atoms with van der Waals surface area (Å²) in [5.41, 5.74) is 0. The van der Waals surface area contributed by atoms with Crippen LogP contribution in [-0.2, 0) is 35.7 Å². The van der Waals surface area contributed by atoms with E-state index in [-0.39, 0.29) is 74.0 Å². The Kier molecular flexibility index (Phi) is 24.8. The molecule has 0 heterocycles. The van der Waals surface area contributed by atoms with Crippen LogP contribution in [-0.4, -0.2) is 68.7 Å². The molecule has 0 fully saturated rings. The van der Waals surface area contributed by atoms with E-state index < -0.39 is 48.3 Å². The van der Waals surface area contributed by atoms with Crippen LogP contribution < -0.4 is 78.0 Å². The fourth-order valence-corrected chi connectivity index (χ4v) is 0.516. The molecule has 4 unspecified atom stereocenters. The molecule has 0 amide bonds. The summed E-state index contributed by atoms with van der Waals surface area (Å²) in [6.07, 6.45) is -9.76. The van der Waals surface area contributed by atoms with Crippen LogP contribution in [0.4, 0.5) is 0 Å². The van der Waals surface area contributed by atoms with Crippen molar-refractivity contribution >= 4 is 23.9 Å². The molecule has 0 spiro atoms. The molecule has 0 bridgehead atoms. The van der Waals surface area contributed by atoms with Crippen molar-refractivity contribution in [3.05, 3.63) is 0 Å². The van der Waals surface area contributed by atoms with Crippen LogP contribution in [0.5, 0.6) is 0 Å². The number of hydrogen-bond acceptors (Lipinski definition) is 12. The van der Waals surface area contributed by atoms with Gasteiger partial charge in [-0.3, -0.25) is 0 Å². The van der Waals surface area contributed by atoms with Gasteiger partial charge in [-0.05, 0) is 0 Å². The van der Waals surface area contributed by atoms with E-state index in [9.17, 15) is 39.6 Å². The van der Waals surface area contributed by atoms with Gasteiger partial charge >= 0.3 is 67.9 Å². The molecule has 0 saturated heterocycles. The predicted octanol–water partition coefficient (Wildman–Crippen LogP) is -12.2. The zero-order valence-corrected chi connectivity index (χ0v) is 15.8. The normalized spacial score (nSPS) is 13.7. The van der Waals surface area contributed by atoms with Crippen LogP contribution in [0.15, 0.2) is 0 Å². The van der Waals surface area contributed by atoms with E-state index in [1.807, 2.05) is 0 Å². The van der Waals surface area contributed by atoms with Gasteiger partial charge in [-0.15, -0.1) is 0 Å². The molecule has 0 aromatic heterocycles. The number of carboxylic acid groups (broad SMARTS) is 4. The fourth-order valence-electron chi connectivity index (χ4n) is 0.516. The molecular formula is C8H12KNNiO12. The molecule has 13 nitrogen and oxygen atoms in total. The van der Waals surface area contributed by atoms with Crippen molar-refractivity contribution in [1.82, 2.24) is 6.15 Å². The number of quaternary nitrogens is 1. The Morgan fingerprint density at radius 1 is 0.565 bits per heavy atom. The maximum absolute atomic E-state index is 9.63. The number of carbonyl (C=O) groups excluding carboxylic acids is 4. The van der Waals surface area contributed by atoms with Crippen molar-refractivity contribution in [3.8, 4) is 0 Å². The van der Waals surface area contributed by atoms with Gasteiger partial charge < -0.3 is 66.2 Å². The molecule has 23 heavy (non-hydrogen) atoms. The van der Waals surface area contributed by atoms with E-state index in [0.717, 1.165) is 0 Å². The molecule has 0 aromatic rings. The summed E-state index contributed by atoms with van der Waals surface area (Å²) in [5, 5.41) is 71.5. The summed E-state index contributed by atoms with van der Waals surface area (Å²) >= 11 is 0. The van der Waals surface area contributed by atoms with Crippen molar-refractivity contribution < 1.29 is 128 Å². The third-order valence-corrected chi connectivity index (χ3v) is 1.56. The molecule has 15 heteroatoms. The number of aliphatic hydroxyl groups excluding tert-OH is 4. The van der Waals surface area contributed by atoms with E-state index in [1.165, 1.54) is 0 Å². The summed E-state index contributed by atoms with van der Waals surface area (Å²) < 4.78 is 0. The molecule has 8 N–H and O–H groups in total. The molecule has 4 atom stereocenters. The van der Waals surface area contributed by atoms with Crippen LogP contribution in [0.1, 0.15) is 0 Å². The summed E-state index contributed by atoms with van der Waals surface area (Å²) in [4.78, 5) is 38.5. The smallest absolute Gasteiger partial charge is 0.547 e. The van der Waals surface area contributed by atoms with E-state index in [0.29, 0.717) is 0 Å². The summed E-state index contributed by atoms with van der Waals surface area (Å²) in [5.74, 6) is -8.23. The number of rotatable bonds is 6. The molecule has 132 valence electrons. The van der Waals surface area contributed by atoms with E-state index in [1.54, 1.807) is 0 Å². The minimum atomic E-state index is -2.44. The molecule has 0 aliphatic carbocycles. The van der Waals surface area contributed by atoms with Crippen LogP contribution in [0.25, 0.3) is 0 Å². The molecule has 0 saturated carbocycles. The quantitative estimate of drug-likeness (QED) is 0.254. The van der Waals surface area contributed by atoms with Gasteiger partial charge in [0.1, 0.15) is 24.4 Å². The SMILES string of the molecule is O=C([O-])C(O)C(O)C(=O)[O-].O=C([O-])C(O)C(O)C(=O)[O-].[K+].[NH4+].[Ni+2]. The second-order valence-corrected chi connectivity index (χ2v) is 3.06. The zero-order valence-electron chi connectivity index (χ0n) is 11.7.